The summed E-state index contributed by atoms with van der Waals surface area (Å²) in [6, 6.07) is 12.7. The summed E-state index contributed by atoms with van der Waals surface area (Å²) in [6.45, 7) is 4.95. The first kappa shape index (κ1) is 15.5. The highest BCUT2D eigenvalue weighted by Crippen LogP contribution is 2.28. The molecule has 2 aromatic carbocycles. The maximum atomic E-state index is 13.3. The van der Waals surface area contributed by atoms with Crippen molar-refractivity contribution in [2.45, 2.75) is 32.7 Å². The Morgan fingerprint density at radius 2 is 1.86 bits per heavy atom. The lowest BCUT2D eigenvalue weighted by Crippen LogP contribution is -2.06. The van der Waals surface area contributed by atoms with Crippen molar-refractivity contribution in [2.24, 2.45) is 0 Å². The van der Waals surface area contributed by atoms with E-state index in [1.54, 1.807) is 6.07 Å². The minimum Gasteiger partial charge on any atom is -0.457 e. The smallest absolute Gasteiger partial charge is 0.132 e. The average molecular weight is 287 g/mol. The number of rotatable bonds is 6. The fraction of sp³-hybridized carbons (Fsp3) is 0.333. The lowest BCUT2D eigenvalue weighted by molar-refractivity contribution is 0.471. The third-order valence-corrected chi connectivity index (χ3v) is 3.68. The fourth-order valence-electron chi connectivity index (χ4n) is 2.20. The maximum Gasteiger partial charge on any atom is 0.132 e. The molecule has 0 bridgehead atoms. The van der Waals surface area contributed by atoms with E-state index in [9.17, 15) is 4.39 Å². The van der Waals surface area contributed by atoms with Crippen LogP contribution in [-0.2, 0) is 6.54 Å². The predicted octanol–water partition coefficient (Wildman–Crippen LogP) is 4.85. The van der Waals surface area contributed by atoms with Crippen molar-refractivity contribution >= 4 is 0 Å². The molecule has 0 saturated heterocycles. The molecular formula is C18H22FNO. The lowest BCUT2D eigenvalue weighted by atomic mass is 9.99. The Morgan fingerprint density at radius 1 is 1.14 bits per heavy atom. The molecule has 0 aliphatic rings. The third kappa shape index (κ3) is 4.05. The van der Waals surface area contributed by atoms with E-state index in [1.165, 1.54) is 17.7 Å². The molecule has 0 aliphatic carbocycles. The molecule has 0 radical (unpaired) electrons. The molecular weight excluding hydrogens is 265 g/mol. The minimum absolute atomic E-state index is 0.250. The summed E-state index contributed by atoms with van der Waals surface area (Å²) in [7, 11) is 1.83. The summed E-state index contributed by atoms with van der Waals surface area (Å²) in [5.74, 6) is 1.75. The Kier molecular flexibility index (Phi) is 5.34. The number of nitrogens with one attached hydrogen (secondary N) is 1. The van der Waals surface area contributed by atoms with Crippen LogP contribution in [0.5, 0.6) is 11.5 Å². The van der Waals surface area contributed by atoms with E-state index in [1.807, 2.05) is 19.2 Å². The van der Waals surface area contributed by atoms with Crippen LogP contribution < -0.4 is 10.1 Å². The van der Waals surface area contributed by atoms with E-state index in [4.69, 9.17) is 4.74 Å². The molecule has 1 unspecified atom stereocenters. The van der Waals surface area contributed by atoms with Gasteiger partial charge in [-0.2, -0.15) is 0 Å². The second kappa shape index (κ2) is 7.23. The first-order chi connectivity index (χ1) is 10.1. The van der Waals surface area contributed by atoms with Gasteiger partial charge in [-0.15, -0.1) is 0 Å². The standard InChI is InChI=1S/C18H22FNO/c1-4-13(2)14-5-8-17(9-6-14)21-18-10-7-16(19)11-15(18)12-20-3/h5-11,13,20H,4,12H2,1-3H3. The van der Waals surface area contributed by atoms with Gasteiger partial charge in [-0.05, 0) is 55.3 Å². The SMILES string of the molecule is CCC(C)c1ccc(Oc2ccc(F)cc2CNC)cc1. The summed E-state index contributed by atoms with van der Waals surface area (Å²) in [5.41, 5.74) is 2.11. The van der Waals surface area contributed by atoms with Crippen molar-refractivity contribution in [2.75, 3.05) is 7.05 Å². The Bertz CT molecular complexity index is 580. The van der Waals surface area contributed by atoms with E-state index < -0.39 is 0 Å². The number of benzene rings is 2. The second-order valence-corrected chi connectivity index (χ2v) is 5.26. The molecule has 21 heavy (non-hydrogen) atoms. The molecule has 112 valence electrons. The lowest BCUT2D eigenvalue weighted by Gasteiger charge is -2.13. The zero-order chi connectivity index (χ0) is 15.2. The van der Waals surface area contributed by atoms with E-state index in [-0.39, 0.29) is 5.82 Å². The van der Waals surface area contributed by atoms with Crippen LogP contribution in [0.3, 0.4) is 0 Å². The number of hydrogen-bond acceptors (Lipinski definition) is 2. The van der Waals surface area contributed by atoms with Crippen molar-refractivity contribution in [1.82, 2.24) is 5.32 Å². The maximum absolute atomic E-state index is 13.3. The Hall–Kier alpha value is -1.87. The number of hydrogen-bond donors (Lipinski definition) is 1. The van der Waals surface area contributed by atoms with Crippen LogP contribution in [0.15, 0.2) is 42.5 Å². The van der Waals surface area contributed by atoms with Crippen molar-refractivity contribution in [3.8, 4) is 11.5 Å². The van der Waals surface area contributed by atoms with E-state index in [2.05, 4.69) is 31.3 Å². The molecule has 2 nitrogen and oxygen atoms in total. The zero-order valence-electron chi connectivity index (χ0n) is 12.8. The van der Waals surface area contributed by atoms with Gasteiger partial charge in [-0.3, -0.25) is 0 Å². The normalized spacial score (nSPS) is 12.2. The van der Waals surface area contributed by atoms with Gasteiger partial charge in [-0.25, -0.2) is 4.39 Å². The molecule has 0 fully saturated rings. The molecule has 0 aliphatic heterocycles. The first-order valence-electron chi connectivity index (χ1n) is 7.35. The Balaban J connectivity index is 2.18. The molecule has 0 saturated carbocycles. The predicted molar refractivity (Wildman–Crippen MR) is 84.4 cm³/mol. The summed E-state index contributed by atoms with van der Waals surface area (Å²) in [5, 5.41) is 3.02. The molecule has 0 amide bonds. The van der Waals surface area contributed by atoms with Crippen LogP contribution in [0.2, 0.25) is 0 Å². The third-order valence-electron chi connectivity index (χ3n) is 3.68. The van der Waals surface area contributed by atoms with E-state index in [0.717, 1.165) is 17.7 Å². The van der Waals surface area contributed by atoms with Gasteiger partial charge in [-0.1, -0.05) is 26.0 Å². The van der Waals surface area contributed by atoms with Crippen LogP contribution >= 0.6 is 0 Å². The number of ether oxygens (including phenoxy) is 1. The molecule has 2 aromatic rings. The largest absolute Gasteiger partial charge is 0.457 e. The molecule has 1 N–H and O–H groups in total. The van der Waals surface area contributed by atoms with Gasteiger partial charge in [0, 0.05) is 12.1 Å². The van der Waals surface area contributed by atoms with Gasteiger partial charge in [0.25, 0.3) is 0 Å². The highest BCUT2D eigenvalue weighted by atomic mass is 19.1. The van der Waals surface area contributed by atoms with E-state index in [0.29, 0.717) is 18.2 Å². The Labute approximate surface area is 126 Å². The van der Waals surface area contributed by atoms with Crippen LogP contribution in [0, 0.1) is 5.82 Å². The molecule has 0 spiro atoms. The van der Waals surface area contributed by atoms with Gasteiger partial charge >= 0.3 is 0 Å². The highest BCUT2D eigenvalue weighted by molar-refractivity contribution is 5.39. The van der Waals surface area contributed by atoms with Crippen LogP contribution in [0.4, 0.5) is 4.39 Å². The van der Waals surface area contributed by atoms with Gasteiger partial charge in [0.2, 0.25) is 0 Å². The van der Waals surface area contributed by atoms with Crippen LogP contribution in [0.1, 0.15) is 37.3 Å². The monoisotopic (exact) mass is 287 g/mol. The average Bonchev–Trinajstić information content (AvgIpc) is 2.50. The summed E-state index contributed by atoms with van der Waals surface area (Å²) >= 11 is 0. The van der Waals surface area contributed by atoms with Gasteiger partial charge < -0.3 is 10.1 Å². The van der Waals surface area contributed by atoms with Gasteiger partial charge in [0.15, 0.2) is 0 Å². The second-order valence-electron chi connectivity index (χ2n) is 5.26. The van der Waals surface area contributed by atoms with Gasteiger partial charge in [0.05, 0.1) is 0 Å². The van der Waals surface area contributed by atoms with E-state index >= 15 is 0 Å². The summed E-state index contributed by atoms with van der Waals surface area (Å²) in [6.07, 6.45) is 1.12. The Morgan fingerprint density at radius 3 is 2.48 bits per heavy atom. The van der Waals surface area contributed by atoms with Gasteiger partial charge in [0.1, 0.15) is 17.3 Å². The molecule has 2 rings (SSSR count). The van der Waals surface area contributed by atoms with Crippen molar-refractivity contribution in [1.29, 1.82) is 0 Å². The fourth-order valence-corrected chi connectivity index (χ4v) is 2.20. The van der Waals surface area contributed by atoms with Crippen molar-refractivity contribution < 1.29 is 9.13 Å². The van der Waals surface area contributed by atoms with Crippen molar-refractivity contribution in [3.63, 3.8) is 0 Å². The minimum atomic E-state index is -0.250. The quantitative estimate of drug-likeness (QED) is 0.820. The molecule has 0 heterocycles. The summed E-state index contributed by atoms with van der Waals surface area (Å²) in [4.78, 5) is 0. The zero-order valence-corrected chi connectivity index (χ0v) is 12.8. The van der Waals surface area contributed by atoms with Crippen LogP contribution in [0.25, 0.3) is 0 Å². The topological polar surface area (TPSA) is 21.3 Å². The molecule has 1 atom stereocenters. The number of halogens is 1. The molecule has 0 aromatic heterocycles. The van der Waals surface area contributed by atoms with Crippen LogP contribution in [-0.4, -0.2) is 7.05 Å². The first-order valence-corrected chi connectivity index (χ1v) is 7.35. The summed E-state index contributed by atoms with van der Waals surface area (Å²) < 4.78 is 19.2. The van der Waals surface area contributed by atoms with Crippen molar-refractivity contribution in [3.05, 3.63) is 59.4 Å². The molecule has 3 heteroatoms. The highest BCUT2D eigenvalue weighted by Gasteiger charge is 2.07.